The molecular weight excluding hydrogens is 383 g/mol. The van der Waals surface area contributed by atoms with Crippen LogP contribution in [0.15, 0.2) is 53.4 Å². The SMILES string of the molecule is COc1ccc(C2CCN(S(=O)(=O)c3ccc(OC(F)(F)F)cc3)C2)cc1. The highest BCUT2D eigenvalue weighted by Gasteiger charge is 2.34. The van der Waals surface area contributed by atoms with E-state index in [1.54, 1.807) is 7.11 Å². The van der Waals surface area contributed by atoms with Gasteiger partial charge in [-0.25, -0.2) is 8.42 Å². The molecule has 5 nitrogen and oxygen atoms in total. The van der Waals surface area contributed by atoms with Crippen LogP contribution in [0.3, 0.4) is 0 Å². The zero-order valence-electron chi connectivity index (χ0n) is 14.4. The molecule has 3 rings (SSSR count). The molecule has 0 aliphatic carbocycles. The van der Waals surface area contributed by atoms with E-state index in [9.17, 15) is 21.6 Å². The van der Waals surface area contributed by atoms with Gasteiger partial charge in [-0.05, 0) is 54.3 Å². The van der Waals surface area contributed by atoms with Crippen LogP contribution in [0.4, 0.5) is 13.2 Å². The molecule has 0 amide bonds. The predicted molar refractivity (Wildman–Crippen MR) is 92.2 cm³/mol. The first-order valence-corrected chi connectivity index (χ1v) is 9.63. The van der Waals surface area contributed by atoms with Crippen molar-refractivity contribution < 1.29 is 31.1 Å². The quantitative estimate of drug-likeness (QED) is 0.765. The van der Waals surface area contributed by atoms with Gasteiger partial charge in [0.1, 0.15) is 11.5 Å². The minimum Gasteiger partial charge on any atom is -0.497 e. The lowest BCUT2D eigenvalue weighted by Gasteiger charge is -2.17. The number of rotatable bonds is 5. The maximum atomic E-state index is 12.8. The van der Waals surface area contributed by atoms with E-state index in [1.165, 1.54) is 4.31 Å². The summed E-state index contributed by atoms with van der Waals surface area (Å²) in [6, 6.07) is 11.7. The summed E-state index contributed by atoms with van der Waals surface area (Å²) in [6.07, 6.45) is -4.15. The Labute approximate surface area is 155 Å². The Morgan fingerprint density at radius 1 is 1.00 bits per heavy atom. The molecule has 1 heterocycles. The second-order valence-corrected chi connectivity index (χ2v) is 8.08. The topological polar surface area (TPSA) is 55.8 Å². The molecular formula is C18H18F3NO4S. The predicted octanol–water partition coefficient (Wildman–Crippen LogP) is 3.77. The molecule has 1 atom stereocenters. The Hall–Kier alpha value is -2.26. The number of halogens is 3. The summed E-state index contributed by atoms with van der Waals surface area (Å²) >= 11 is 0. The third-order valence-corrected chi connectivity index (χ3v) is 6.31. The molecule has 2 aromatic rings. The van der Waals surface area contributed by atoms with Crippen LogP contribution in [0.5, 0.6) is 11.5 Å². The van der Waals surface area contributed by atoms with Crippen molar-refractivity contribution in [3.8, 4) is 11.5 Å². The molecule has 1 fully saturated rings. The minimum absolute atomic E-state index is 0.0542. The second-order valence-electron chi connectivity index (χ2n) is 6.14. The van der Waals surface area contributed by atoms with Gasteiger partial charge in [0.2, 0.25) is 10.0 Å². The van der Waals surface area contributed by atoms with Crippen molar-refractivity contribution >= 4 is 10.0 Å². The fourth-order valence-electron chi connectivity index (χ4n) is 3.06. The monoisotopic (exact) mass is 401 g/mol. The number of hydrogen-bond donors (Lipinski definition) is 0. The Morgan fingerprint density at radius 2 is 1.59 bits per heavy atom. The zero-order chi connectivity index (χ0) is 19.7. The van der Waals surface area contributed by atoms with E-state index in [0.29, 0.717) is 19.5 Å². The Morgan fingerprint density at radius 3 is 2.15 bits per heavy atom. The number of benzene rings is 2. The second kappa shape index (κ2) is 7.40. The van der Waals surface area contributed by atoms with Gasteiger partial charge < -0.3 is 9.47 Å². The summed E-state index contributed by atoms with van der Waals surface area (Å²) in [6.45, 7) is 0.662. The lowest BCUT2D eigenvalue weighted by atomic mass is 9.99. The van der Waals surface area contributed by atoms with Crippen LogP contribution in [0, 0.1) is 0 Å². The van der Waals surface area contributed by atoms with Crippen molar-refractivity contribution in [2.45, 2.75) is 23.6 Å². The van der Waals surface area contributed by atoms with Crippen LogP contribution in [0.25, 0.3) is 0 Å². The summed E-state index contributed by atoms with van der Waals surface area (Å²) in [7, 11) is -2.21. The van der Waals surface area contributed by atoms with Gasteiger partial charge in [0.15, 0.2) is 0 Å². The van der Waals surface area contributed by atoms with Gasteiger partial charge in [0.05, 0.1) is 12.0 Å². The van der Waals surface area contributed by atoms with Crippen LogP contribution in [0.1, 0.15) is 17.9 Å². The third-order valence-electron chi connectivity index (χ3n) is 4.43. The highest BCUT2D eigenvalue weighted by atomic mass is 32.2. The summed E-state index contributed by atoms with van der Waals surface area (Å²) < 4.78 is 72.4. The first-order chi connectivity index (χ1) is 12.7. The molecule has 1 unspecified atom stereocenters. The third kappa shape index (κ3) is 4.54. The van der Waals surface area contributed by atoms with E-state index in [1.807, 2.05) is 24.3 Å². The lowest BCUT2D eigenvalue weighted by molar-refractivity contribution is -0.274. The van der Waals surface area contributed by atoms with E-state index in [2.05, 4.69) is 4.74 Å². The van der Waals surface area contributed by atoms with Crippen molar-refractivity contribution in [3.63, 3.8) is 0 Å². The van der Waals surface area contributed by atoms with Gasteiger partial charge in [-0.3, -0.25) is 0 Å². The standard InChI is InChI=1S/C18H18F3NO4S/c1-25-15-4-2-13(3-5-15)14-10-11-22(12-14)27(23,24)17-8-6-16(7-9-17)26-18(19,20)21/h2-9,14H,10-12H2,1H3. The lowest BCUT2D eigenvalue weighted by Crippen LogP contribution is -2.28. The Balaban J connectivity index is 1.72. The normalized spacial score (nSPS) is 18.4. The highest BCUT2D eigenvalue weighted by Crippen LogP contribution is 2.32. The molecule has 0 spiro atoms. The zero-order valence-corrected chi connectivity index (χ0v) is 15.3. The van der Waals surface area contributed by atoms with Crippen molar-refractivity contribution in [2.24, 2.45) is 0 Å². The fourth-order valence-corrected chi connectivity index (χ4v) is 4.56. The first-order valence-electron chi connectivity index (χ1n) is 8.19. The molecule has 0 saturated carbocycles. The summed E-state index contributed by atoms with van der Waals surface area (Å²) in [5, 5.41) is 0. The maximum absolute atomic E-state index is 12.8. The molecule has 27 heavy (non-hydrogen) atoms. The molecule has 0 aromatic heterocycles. The van der Waals surface area contributed by atoms with E-state index < -0.39 is 22.1 Å². The number of nitrogens with zero attached hydrogens (tertiary/aromatic N) is 1. The van der Waals surface area contributed by atoms with Gasteiger partial charge in [0, 0.05) is 13.1 Å². The van der Waals surface area contributed by atoms with Crippen molar-refractivity contribution in [2.75, 3.05) is 20.2 Å². The highest BCUT2D eigenvalue weighted by molar-refractivity contribution is 7.89. The molecule has 1 aliphatic rings. The summed E-state index contributed by atoms with van der Waals surface area (Å²) in [5.74, 6) is 0.319. The molecule has 2 aromatic carbocycles. The molecule has 146 valence electrons. The van der Waals surface area contributed by atoms with Crippen LogP contribution in [-0.2, 0) is 10.0 Å². The van der Waals surface area contributed by atoms with E-state index in [0.717, 1.165) is 35.6 Å². The van der Waals surface area contributed by atoms with E-state index in [-0.39, 0.29) is 10.8 Å². The van der Waals surface area contributed by atoms with Crippen LogP contribution < -0.4 is 9.47 Å². The van der Waals surface area contributed by atoms with Crippen LogP contribution >= 0.6 is 0 Å². The first kappa shape index (κ1) is 19.5. The smallest absolute Gasteiger partial charge is 0.497 e. The molecule has 9 heteroatoms. The van der Waals surface area contributed by atoms with Crippen molar-refractivity contribution in [1.29, 1.82) is 0 Å². The molecule has 1 aliphatic heterocycles. The van der Waals surface area contributed by atoms with Gasteiger partial charge in [-0.15, -0.1) is 13.2 Å². The number of alkyl halides is 3. The molecule has 1 saturated heterocycles. The van der Waals surface area contributed by atoms with Gasteiger partial charge >= 0.3 is 6.36 Å². The van der Waals surface area contributed by atoms with E-state index >= 15 is 0 Å². The number of hydrogen-bond acceptors (Lipinski definition) is 4. The van der Waals surface area contributed by atoms with Crippen molar-refractivity contribution in [3.05, 3.63) is 54.1 Å². The Bertz CT molecular complexity index is 880. The molecule has 0 radical (unpaired) electrons. The fraction of sp³-hybridized carbons (Fsp3) is 0.333. The van der Waals surface area contributed by atoms with Gasteiger partial charge in [-0.1, -0.05) is 12.1 Å². The average molecular weight is 401 g/mol. The number of ether oxygens (including phenoxy) is 2. The van der Waals surface area contributed by atoms with Crippen LogP contribution in [0.2, 0.25) is 0 Å². The van der Waals surface area contributed by atoms with E-state index in [4.69, 9.17) is 4.74 Å². The molecule has 0 bridgehead atoms. The summed E-state index contributed by atoms with van der Waals surface area (Å²) in [5.41, 5.74) is 1.02. The number of methoxy groups -OCH3 is 1. The summed E-state index contributed by atoms with van der Waals surface area (Å²) in [4.78, 5) is -0.0626. The average Bonchev–Trinajstić information content (AvgIpc) is 3.12. The van der Waals surface area contributed by atoms with Crippen LogP contribution in [-0.4, -0.2) is 39.3 Å². The molecule has 0 N–H and O–H groups in total. The maximum Gasteiger partial charge on any atom is 0.573 e. The number of sulfonamides is 1. The Kier molecular flexibility index (Phi) is 5.34. The van der Waals surface area contributed by atoms with Crippen molar-refractivity contribution in [1.82, 2.24) is 4.31 Å². The minimum atomic E-state index is -4.82. The van der Waals surface area contributed by atoms with Gasteiger partial charge in [-0.2, -0.15) is 4.31 Å². The largest absolute Gasteiger partial charge is 0.573 e. The van der Waals surface area contributed by atoms with Gasteiger partial charge in [0.25, 0.3) is 0 Å².